The van der Waals surface area contributed by atoms with Crippen molar-refractivity contribution in [2.45, 2.75) is 46.7 Å². The summed E-state index contributed by atoms with van der Waals surface area (Å²) in [5.74, 6) is 0. The van der Waals surface area contributed by atoms with Gasteiger partial charge in [-0.2, -0.15) is 9.77 Å². The standard InChI is InChI=1S/C27H38ClN5P/c1-7-31-17-19-32(20-18-31)34(27(4,5)6,30-25-16-12-11-15-24(25)28)26-21(2)29-33(22(26)3)23-13-9-8-10-14-23/h8-16,30H,7,17-20H2,1-6H3/q+1. The molecule has 1 unspecified atom stereocenters. The average Bonchev–Trinajstić information content (AvgIpc) is 3.12. The van der Waals surface area contributed by atoms with Crippen LogP contribution >= 0.6 is 19.2 Å². The molecule has 0 spiro atoms. The summed E-state index contributed by atoms with van der Waals surface area (Å²) in [6.07, 6.45) is 0. The number of nitrogens with one attached hydrogen (secondary N) is 1. The fourth-order valence-electron chi connectivity index (χ4n) is 5.20. The molecule has 0 bridgehead atoms. The second kappa shape index (κ2) is 9.99. The number of piperazine rings is 1. The van der Waals surface area contributed by atoms with E-state index in [0.717, 1.165) is 54.8 Å². The van der Waals surface area contributed by atoms with Crippen LogP contribution in [0.2, 0.25) is 5.02 Å². The first-order valence-corrected chi connectivity index (χ1v) is 14.3. The number of benzene rings is 2. The lowest BCUT2D eigenvalue weighted by molar-refractivity contribution is 0.198. The Labute approximate surface area is 210 Å². The van der Waals surface area contributed by atoms with Gasteiger partial charge in [-0.05, 0) is 65.4 Å². The van der Waals surface area contributed by atoms with Gasteiger partial charge in [0.15, 0.2) is 5.30 Å². The van der Waals surface area contributed by atoms with Gasteiger partial charge in [0.2, 0.25) is 7.56 Å². The van der Waals surface area contributed by atoms with Gasteiger partial charge in [0.1, 0.15) is 10.9 Å². The molecule has 1 fully saturated rings. The van der Waals surface area contributed by atoms with Crippen molar-refractivity contribution in [3.05, 3.63) is 71.0 Å². The Hall–Kier alpha value is -1.91. The van der Waals surface area contributed by atoms with E-state index >= 15 is 0 Å². The summed E-state index contributed by atoms with van der Waals surface area (Å²) < 4.78 is 4.84. The number of halogens is 1. The molecule has 34 heavy (non-hydrogen) atoms. The van der Waals surface area contributed by atoms with E-state index in [1.807, 2.05) is 12.1 Å². The Morgan fingerprint density at radius 3 is 2.15 bits per heavy atom. The minimum atomic E-state index is -2.18. The molecule has 7 heteroatoms. The highest BCUT2D eigenvalue weighted by atomic mass is 35.5. The van der Waals surface area contributed by atoms with Crippen LogP contribution in [0.25, 0.3) is 5.69 Å². The number of hydrogen-bond acceptors (Lipinski definition) is 4. The number of nitrogens with zero attached hydrogens (tertiary/aromatic N) is 4. The number of aryl methyl sites for hydroxylation is 1. The van der Waals surface area contributed by atoms with Crippen molar-refractivity contribution in [3.8, 4) is 5.69 Å². The summed E-state index contributed by atoms with van der Waals surface area (Å²) in [5, 5.41) is 11.2. The van der Waals surface area contributed by atoms with Crippen LogP contribution in [0.15, 0.2) is 54.6 Å². The van der Waals surface area contributed by atoms with Crippen molar-refractivity contribution in [2.24, 2.45) is 0 Å². The minimum absolute atomic E-state index is 0.0549. The maximum Gasteiger partial charge on any atom is 0.213 e. The Balaban J connectivity index is 1.94. The third kappa shape index (κ3) is 4.52. The van der Waals surface area contributed by atoms with Gasteiger partial charge in [-0.3, -0.25) is 0 Å². The molecular formula is C27H38ClN5P+. The molecule has 1 aliphatic heterocycles. The van der Waals surface area contributed by atoms with E-state index in [0.29, 0.717) is 0 Å². The van der Waals surface area contributed by atoms with E-state index in [-0.39, 0.29) is 5.16 Å². The predicted molar refractivity (Wildman–Crippen MR) is 148 cm³/mol. The molecule has 2 heterocycles. The normalized spacial score (nSPS) is 17.5. The SMILES string of the molecule is CCN1CCN([P+](Nc2ccccc2Cl)(c2c(C)nn(-c3ccccc3)c2C)C(C)(C)C)CC1. The lowest BCUT2D eigenvalue weighted by Gasteiger charge is -2.47. The number of para-hydroxylation sites is 2. The first-order valence-electron chi connectivity index (χ1n) is 12.2. The van der Waals surface area contributed by atoms with Gasteiger partial charge in [0.05, 0.1) is 22.1 Å². The third-order valence-electron chi connectivity index (χ3n) is 6.92. The highest BCUT2D eigenvalue weighted by Crippen LogP contribution is 2.70. The largest absolute Gasteiger partial charge is 0.301 e. The van der Waals surface area contributed by atoms with Gasteiger partial charge in [0.25, 0.3) is 0 Å². The summed E-state index contributed by atoms with van der Waals surface area (Å²) in [6, 6.07) is 18.6. The highest BCUT2D eigenvalue weighted by Gasteiger charge is 2.60. The molecule has 5 nitrogen and oxygen atoms in total. The summed E-state index contributed by atoms with van der Waals surface area (Å²) >= 11 is 6.74. The van der Waals surface area contributed by atoms with Gasteiger partial charge in [-0.25, -0.2) is 9.77 Å². The average molecular weight is 499 g/mol. The highest BCUT2D eigenvalue weighted by molar-refractivity contribution is 7.83. The Bertz CT molecular complexity index is 1120. The van der Waals surface area contributed by atoms with E-state index < -0.39 is 7.56 Å². The molecule has 0 saturated carbocycles. The maximum atomic E-state index is 6.74. The molecule has 3 aromatic rings. The van der Waals surface area contributed by atoms with Crippen molar-refractivity contribution in [1.29, 1.82) is 0 Å². The Morgan fingerprint density at radius 1 is 0.941 bits per heavy atom. The van der Waals surface area contributed by atoms with E-state index in [1.54, 1.807) is 0 Å². The van der Waals surface area contributed by atoms with Gasteiger partial charge >= 0.3 is 0 Å². The lowest BCUT2D eigenvalue weighted by atomic mass is 10.3. The maximum absolute atomic E-state index is 6.74. The molecule has 4 rings (SSSR count). The van der Waals surface area contributed by atoms with Crippen LogP contribution in [0, 0.1) is 13.8 Å². The zero-order valence-electron chi connectivity index (χ0n) is 21.3. The third-order valence-corrected chi connectivity index (χ3v) is 12.3. The summed E-state index contributed by atoms with van der Waals surface area (Å²) in [6.45, 7) is 19.0. The van der Waals surface area contributed by atoms with Gasteiger partial charge in [-0.15, -0.1) is 0 Å². The Morgan fingerprint density at radius 2 is 1.56 bits per heavy atom. The molecular weight excluding hydrogens is 461 g/mol. The van der Waals surface area contributed by atoms with Crippen molar-refractivity contribution in [2.75, 3.05) is 37.8 Å². The zero-order chi connectivity index (χ0) is 24.5. The molecule has 1 aromatic heterocycles. The summed E-state index contributed by atoms with van der Waals surface area (Å²) in [7, 11) is -2.18. The predicted octanol–water partition coefficient (Wildman–Crippen LogP) is 6.16. The van der Waals surface area contributed by atoms with Crippen molar-refractivity contribution in [1.82, 2.24) is 19.4 Å². The van der Waals surface area contributed by atoms with Crippen LogP contribution in [-0.4, -0.2) is 57.2 Å². The first-order chi connectivity index (χ1) is 16.2. The molecule has 1 atom stereocenters. The molecule has 0 radical (unpaired) electrons. The van der Waals surface area contributed by atoms with Crippen molar-refractivity contribution in [3.63, 3.8) is 0 Å². The number of hydrogen-bond donors (Lipinski definition) is 1. The molecule has 0 aliphatic carbocycles. The van der Waals surface area contributed by atoms with Crippen molar-refractivity contribution < 1.29 is 0 Å². The zero-order valence-corrected chi connectivity index (χ0v) is 23.0. The van der Waals surface area contributed by atoms with Crippen LogP contribution in [-0.2, 0) is 0 Å². The van der Waals surface area contributed by atoms with Crippen LogP contribution in [0.3, 0.4) is 0 Å². The van der Waals surface area contributed by atoms with Crippen LogP contribution in [0.5, 0.6) is 0 Å². The number of likely N-dealkylation sites (N-methyl/N-ethyl adjacent to an activating group) is 1. The van der Waals surface area contributed by atoms with Crippen molar-refractivity contribution >= 4 is 30.2 Å². The molecule has 182 valence electrons. The second-order valence-electron chi connectivity index (χ2n) is 10.1. The van der Waals surface area contributed by atoms with Gasteiger partial charge in [0, 0.05) is 26.2 Å². The molecule has 2 aromatic carbocycles. The number of anilines is 1. The van der Waals surface area contributed by atoms with E-state index in [1.165, 1.54) is 11.0 Å². The topological polar surface area (TPSA) is 36.3 Å². The summed E-state index contributed by atoms with van der Waals surface area (Å²) in [5.41, 5.74) is 4.37. The molecule has 1 N–H and O–H groups in total. The fourth-order valence-corrected chi connectivity index (χ4v) is 10.2. The first kappa shape index (κ1) is 25.2. The monoisotopic (exact) mass is 498 g/mol. The number of rotatable bonds is 6. The Kier molecular flexibility index (Phi) is 7.40. The summed E-state index contributed by atoms with van der Waals surface area (Å²) in [4.78, 5) is 2.54. The minimum Gasteiger partial charge on any atom is -0.301 e. The lowest BCUT2D eigenvalue weighted by Crippen LogP contribution is -2.53. The smallest absolute Gasteiger partial charge is 0.213 e. The van der Waals surface area contributed by atoms with Crippen LogP contribution in [0.4, 0.5) is 5.69 Å². The number of aromatic nitrogens is 2. The van der Waals surface area contributed by atoms with E-state index in [4.69, 9.17) is 16.7 Å². The van der Waals surface area contributed by atoms with Crippen LogP contribution in [0.1, 0.15) is 39.1 Å². The molecule has 1 saturated heterocycles. The molecule has 0 amide bonds. The second-order valence-corrected chi connectivity index (χ2v) is 14.3. The molecule has 1 aliphatic rings. The van der Waals surface area contributed by atoms with Gasteiger partial charge < -0.3 is 4.90 Å². The van der Waals surface area contributed by atoms with Crippen LogP contribution < -0.4 is 10.4 Å². The fraction of sp³-hybridized carbons (Fsp3) is 0.444. The van der Waals surface area contributed by atoms with E-state index in [9.17, 15) is 0 Å². The van der Waals surface area contributed by atoms with Gasteiger partial charge in [-0.1, -0.05) is 48.9 Å². The quantitative estimate of drug-likeness (QED) is 0.413. The van der Waals surface area contributed by atoms with E-state index in [2.05, 4.69) is 103 Å².